The SMILES string of the molecule is CC(C)(O)CN1CCN(C(=O)c2cncc(NN)n2)CC1. The number of carbonyl (C=O) groups excluding carboxylic acids is 1. The number of hydrogen-bond donors (Lipinski definition) is 3. The maximum atomic E-state index is 12.3. The lowest BCUT2D eigenvalue weighted by molar-refractivity contribution is 0.0177. The Morgan fingerprint density at radius 1 is 1.38 bits per heavy atom. The minimum atomic E-state index is -0.723. The number of amides is 1. The Hall–Kier alpha value is -1.77. The molecule has 1 aromatic heterocycles. The van der Waals surface area contributed by atoms with Crippen LogP contribution >= 0.6 is 0 Å². The number of β-amino-alcohol motifs (C(OH)–C–C–N with tert-alkyl or cyclic N) is 1. The standard InChI is InChI=1S/C13H22N6O2/c1-13(2,21)9-18-3-5-19(6-4-18)12(20)10-7-15-8-11(16-10)17-14/h7-8,21H,3-6,9,14H2,1-2H3,(H,16,17). The highest BCUT2D eigenvalue weighted by atomic mass is 16.3. The van der Waals surface area contributed by atoms with Crippen molar-refractivity contribution in [2.75, 3.05) is 38.1 Å². The van der Waals surface area contributed by atoms with Gasteiger partial charge in [0.25, 0.3) is 5.91 Å². The maximum Gasteiger partial charge on any atom is 0.274 e. The average molecular weight is 294 g/mol. The van der Waals surface area contributed by atoms with E-state index in [-0.39, 0.29) is 11.6 Å². The molecule has 4 N–H and O–H groups in total. The first-order valence-electron chi connectivity index (χ1n) is 6.92. The molecule has 116 valence electrons. The topological polar surface area (TPSA) is 108 Å². The molecule has 2 rings (SSSR count). The van der Waals surface area contributed by atoms with Crippen LogP contribution in [0.15, 0.2) is 12.4 Å². The van der Waals surface area contributed by atoms with Gasteiger partial charge in [0.15, 0.2) is 5.82 Å². The Bertz CT molecular complexity index is 494. The molecule has 0 saturated carbocycles. The van der Waals surface area contributed by atoms with Gasteiger partial charge in [-0.25, -0.2) is 10.8 Å². The minimum Gasteiger partial charge on any atom is -0.389 e. The predicted molar refractivity (Wildman–Crippen MR) is 78.5 cm³/mol. The Morgan fingerprint density at radius 3 is 2.62 bits per heavy atom. The number of hydrazine groups is 1. The number of hydrogen-bond acceptors (Lipinski definition) is 7. The summed E-state index contributed by atoms with van der Waals surface area (Å²) in [6.07, 6.45) is 2.89. The van der Waals surface area contributed by atoms with Crippen molar-refractivity contribution >= 4 is 11.7 Å². The molecule has 1 aromatic rings. The van der Waals surface area contributed by atoms with Gasteiger partial charge in [0.05, 0.1) is 18.0 Å². The zero-order valence-corrected chi connectivity index (χ0v) is 12.4. The first-order chi connectivity index (χ1) is 9.89. The van der Waals surface area contributed by atoms with Gasteiger partial charge in [-0.2, -0.15) is 0 Å². The first kappa shape index (κ1) is 15.6. The Labute approximate surface area is 123 Å². The highest BCUT2D eigenvalue weighted by molar-refractivity contribution is 5.92. The van der Waals surface area contributed by atoms with Crippen molar-refractivity contribution < 1.29 is 9.90 Å². The van der Waals surface area contributed by atoms with Gasteiger partial charge >= 0.3 is 0 Å². The van der Waals surface area contributed by atoms with Crippen LogP contribution in [0.2, 0.25) is 0 Å². The Morgan fingerprint density at radius 2 is 2.05 bits per heavy atom. The molecular formula is C13H22N6O2. The van der Waals surface area contributed by atoms with Crippen LogP contribution in [0.4, 0.5) is 5.82 Å². The van der Waals surface area contributed by atoms with E-state index < -0.39 is 5.60 Å². The molecule has 0 aromatic carbocycles. The summed E-state index contributed by atoms with van der Waals surface area (Å²) in [4.78, 5) is 24.3. The molecule has 21 heavy (non-hydrogen) atoms. The molecule has 0 aliphatic carbocycles. The molecule has 1 aliphatic heterocycles. The van der Waals surface area contributed by atoms with Crippen molar-refractivity contribution in [1.29, 1.82) is 0 Å². The van der Waals surface area contributed by atoms with Gasteiger partial charge in [-0.3, -0.25) is 14.7 Å². The second-order valence-corrected chi connectivity index (χ2v) is 5.81. The fourth-order valence-electron chi connectivity index (χ4n) is 2.36. The third-order valence-electron chi connectivity index (χ3n) is 3.27. The molecule has 1 aliphatic rings. The van der Waals surface area contributed by atoms with Crippen molar-refractivity contribution in [2.45, 2.75) is 19.4 Å². The molecule has 0 radical (unpaired) electrons. The van der Waals surface area contributed by atoms with Crippen LogP contribution in [0.25, 0.3) is 0 Å². The quantitative estimate of drug-likeness (QED) is 0.497. The summed E-state index contributed by atoms with van der Waals surface area (Å²) in [5.74, 6) is 5.48. The maximum absolute atomic E-state index is 12.3. The second-order valence-electron chi connectivity index (χ2n) is 5.81. The summed E-state index contributed by atoms with van der Waals surface area (Å²) < 4.78 is 0. The zero-order chi connectivity index (χ0) is 15.5. The van der Waals surface area contributed by atoms with E-state index in [1.807, 2.05) is 0 Å². The van der Waals surface area contributed by atoms with Crippen LogP contribution in [0.3, 0.4) is 0 Å². The van der Waals surface area contributed by atoms with Gasteiger partial charge in [0, 0.05) is 32.7 Å². The minimum absolute atomic E-state index is 0.150. The molecule has 0 atom stereocenters. The van der Waals surface area contributed by atoms with E-state index in [2.05, 4.69) is 20.3 Å². The second kappa shape index (κ2) is 6.33. The summed E-state index contributed by atoms with van der Waals surface area (Å²) in [6.45, 7) is 6.85. The highest BCUT2D eigenvalue weighted by Crippen LogP contribution is 2.11. The third-order valence-corrected chi connectivity index (χ3v) is 3.27. The van der Waals surface area contributed by atoms with E-state index in [1.54, 1.807) is 18.7 Å². The summed E-state index contributed by atoms with van der Waals surface area (Å²) in [7, 11) is 0. The number of nitrogens with one attached hydrogen (secondary N) is 1. The number of nitrogen functional groups attached to an aromatic ring is 1. The number of carbonyl (C=O) groups is 1. The van der Waals surface area contributed by atoms with Crippen molar-refractivity contribution in [3.05, 3.63) is 18.1 Å². The number of aliphatic hydroxyl groups is 1. The Balaban J connectivity index is 1.94. The van der Waals surface area contributed by atoms with Crippen molar-refractivity contribution in [3.63, 3.8) is 0 Å². The third kappa shape index (κ3) is 4.35. The van der Waals surface area contributed by atoms with E-state index >= 15 is 0 Å². The van der Waals surface area contributed by atoms with Crippen LogP contribution in [0, 0.1) is 0 Å². The van der Waals surface area contributed by atoms with Crippen LogP contribution in [0.1, 0.15) is 24.3 Å². The van der Waals surface area contributed by atoms with Crippen molar-refractivity contribution in [2.24, 2.45) is 5.84 Å². The summed E-state index contributed by atoms with van der Waals surface area (Å²) >= 11 is 0. The molecule has 1 fully saturated rings. The van der Waals surface area contributed by atoms with Crippen LogP contribution in [-0.4, -0.2) is 69.1 Å². The molecule has 1 amide bonds. The predicted octanol–water partition coefficient (Wildman–Crippen LogP) is -0.709. The summed E-state index contributed by atoms with van der Waals surface area (Å²) in [6, 6.07) is 0. The van der Waals surface area contributed by atoms with Crippen LogP contribution in [0.5, 0.6) is 0 Å². The first-order valence-corrected chi connectivity index (χ1v) is 6.92. The number of aromatic nitrogens is 2. The monoisotopic (exact) mass is 294 g/mol. The van der Waals surface area contributed by atoms with Crippen molar-refractivity contribution in [3.8, 4) is 0 Å². The number of rotatable bonds is 4. The van der Waals surface area contributed by atoms with Crippen LogP contribution < -0.4 is 11.3 Å². The summed E-state index contributed by atoms with van der Waals surface area (Å²) in [5, 5.41) is 9.82. The molecule has 0 bridgehead atoms. The van der Waals surface area contributed by atoms with Gasteiger partial charge < -0.3 is 15.4 Å². The highest BCUT2D eigenvalue weighted by Gasteiger charge is 2.26. The molecule has 8 nitrogen and oxygen atoms in total. The van der Waals surface area contributed by atoms with Gasteiger partial charge in [0.1, 0.15) is 5.69 Å². The average Bonchev–Trinajstić information content (AvgIpc) is 2.46. The lowest BCUT2D eigenvalue weighted by Crippen LogP contribution is -2.52. The zero-order valence-electron chi connectivity index (χ0n) is 12.4. The van der Waals surface area contributed by atoms with E-state index in [4.69, 9.17) is 5.84 Å². The molecule has 8 heteroatoms. The number of nitrogens with zero attached hydrogens (tertiary/aromatic N) is 4. The van der Waals surface area contributed by atoms with Gasteiger partial charge in [-0.15, -0.1) is 0 Å². The fourth-order valence-corrected chi connectivity index (χ4v) is 2.36. The smallest absolute Gasteiger partial charge is 0.274 e. The van der Waals surface area contributed by atoms with E-state index in [9.17, 15) is 9.90 Å². The molecular weight excluding hydrogens is 272 g/mol. The van der Waals surface area contributed by atoms with Crippen LogP contribution in [-0.2, 0) is 0 Å². The number of anilines is 1. The molecule has 2 heterocycles. The fraction of sp³-hybridized carbons (Fsp3) is 0.615. The van der Waals surface area contributed by atoms with Gasteiger partial charge in [-0.05, 0) is 13.8 Å². The molecule has 0 unspecified atom stereocenters. The van der Waals surface area contributed by atoms with E-state index in [0.717, 1.165) is 13.1 Å². The normalized spacial score (nSPS) is 16.9. The Kier molecular flexibility index (Phi) is 4.71. The van der Waals surface area contributed by atoms with Gasteiger partial charge in [0.2, 0.25) is 0 Å². The number of nitrogens with two attached hydrogens (primary N) is 1. The number of piperazine rings is 1. The van der Waals surface area contributed by atoms with Gasteiger partial charge in [-0.1, -0.05) is 0 Å². The lowest BCUT2D eigenvalue weighted by atomic mass is 10.1. The molecule has 0 spiro atoms. The largest absolute Gasteiger partial charge is 0.389 e. The lowest BCUT2D eigenvalue weighted by Gasteiger charge is -2.37. The van der Waals surface area contributed by atoms with Crippen molar-refractivity contribution in [1.82, 2.24) is 19.8 Å². The molecule has 1 saturated heterocycles. The van der Waals surface area contributed by atoms with E-state index in [1.165, 1.54) is 12.4 Å². The summed E-state index contributed by atoms with van der Waals surface area (Å²) in [5.41, 5.74) is 1.93. The van der Waals surface area contributed by atoms with E-state index in [0.29, 0.717) is 25.5 Å².